The number of aromatic carboxylic acids is 1. The molecule has 0 aliphatic carbocycles. The number of halogens is 1. The van der Waals surface area contributed by atoms with Crippen molar-refractivity contribution in [2.75, 3.05) is 5.32 Å². The molecule has 1 heterocycles. The number of aromatic nitrogens is 3. The summed E-state index contributed by atoms with van der Waals surface area (Å²) in [4.78, 5) is 11.2. The summed E-state index contributed by atoms with van der Waals surface area (Å²) in [6.07, 6.45) is 1.65. The van der Waals surface area contributed by atoms with E-state index in [-0.39, 0.29) is 5.56 Å². The number of benzene rings is 1. The van der Waals surface area contributed by atoms with Gasteiger partial charge < -0.3 is 15.0 Å². The molecule has 2 N–H and O–H groups in total. The maximum absolute atomic E-state index is 11.2. The summed E-state index contributed by atoms with van der Waals surface area (Å²) < 4.78 is 2.62. The van der Waals surface area contributed by atoms with Crippen LogP contribution in [0, 0.1) is 0 Å². The number of aryl methyl sites for hydroxylation is 1. The fraction of sp³-hybridized carbons (Fsp3) is 0.250. The number of carboxylic acid groups (broad SMARTS) is 1. The van der Waals surface area contributed by atoms with E-state index in [9.17, 15) is 4.79 Å². The van der Waals surface area contributed by atoms with Crippen LogP contribution in [0.15, 0.2) is 29.0 Å². The highest BCUT2D eigenvalue weighted by Crippen LogP contribution is 2.21. The van der Waals surface area contributed by atoms with Crippen LogP contribution in [0.25, 0.3) is 0 Å². The molecule has 2 aromatic rings. The van der Waals surface area contributed by atoms with Crippen molar-refractivity contribution in [3.8, 4) is 0 Å². The first-order valence-corrected chi connectivity index (χ1v) is 6.54. The van der Waals surface area contributed by atoms with Gasteiger partial charge in [0.25, 0.3) is 0 Å². The van der Waals surface area contributed by atoms with Crippen molar-refractivity contribution in [2.24, 2.45) is 0 Å². The van der Waals surface area contributed by atoms with Crippen LogP contribution in [0.2, 0.25) is 0 Å². The summed E-state index contributed by atoms with van der Waals surface area (Å²) >= 11 is 3.26. The second kappa shape index (κ2) is 5.83. The average Bonchev–Trinajstić information content (AvgIpc) is 2.84. The van der Waals surface area contributed by atoms with E-state index in [0.717, 1.165) is 16.8 Å². The standard InChI is InChI=1S/C12H13BrN4O2/c1-2-17-7-15-16-11(17)6-14-10-4-3-8(13)5-9(10)12(18)19/h3-5,7,14H,2,6H2,1H3,(H,18,19). The molecule has 2 rings (SSSR count). The number of carboxylic acids is 1. The highest BCUT2D eigenvalue weighted by atomic mass is 79.9. The van der Waals surface area contributed by atoms with Crippen molar-refractivity contribution in [3.63, 3.8) is 0 Å². The minimum Gasteiger partial charge on any atom is -0.478 e. The first-order chi connectivity index (χ1) is 9.11. The molecule has 0 fully saturated rings. The second-order valence-electron chi connectivity index (χ2n) is 3.88. The molecule has 7 heteroatoms. The Balaban J connectivity index is 2.18. The zero-order chi connectivity index (χ0) is 13.8. The van der Waals surface area contributed by atoms with Crippen LogP contribution in [-0.4, -0.2) is 25.8 Å². The van der Waals surface area contributed by atoms with Gasteiger partial charge in [-0.15, -0.1) is 10.2 Å². The van der Waals surface area contributed by atoms with E-state index in [2.05, 4.69) is 31.4 Å². The Bertz CT molecular complexity index is 597. The predicted molar refractivity (Wildman–Crippen MR) is 74.1 cm³/mol. The molecule has 0 radical (unpaired) electrons. The van der Waals surface area contributed by atoms with Gasteiger partial charge in [0, 0.05) is 16.7 Å². The Morgan fingerprint density at radius 3 is 3.00 bits per heavy atom. The first-order valence-electron chi connectivity index (χ1n) is 5.75. The number of anilines is 1. The molecule has 0 atom stereocenters. The third-order valence-electron chi connectivity index (χ3n) is 2.69. The highest BCUT2D eigenvalue weighted by Gasteiger charge is 2.11. The number of hydrogen-bond donors (Lipinski definition) is 2. The van der Waals surface area contributed by atoms with Crippen LogP contribution < -0.4 is 5.32 Å². The van der Waals surface area contributed by atoms with Crippen LogP contribution in [0.4, 0.5) is 5.69 Å². The lowest BCUT2D eigenvalue weighted by atomic mass is 10.2. The van der Waals surface area contributed by atoms with Gasteiger partial charge in [0.15, 0.2) is 5.82 Å². The van der Waals surface area contributed by atoms with Crippen molar-refractivity contribution in [2.45, 2.75) is 20.0 Å². The van der Waals surface area contributed by atoms with Gasteiger partial charge in [-0.1, -0.05) is 15.9 Å². The van der Waals surface area contributed by atoms with Crippen molar-refractivity contribution in [1.82, 2.24) is 14.8 Å². The van der Waals surface area contributed by atoms with Gasteiger partial charge >= 0.3 is 5.97 Å². The summed E-state index contributed by atoms with van der Waals surface area (Å²) in [6.45, 7) is 3.20. The van der Waals surface area contributed by atoms with Crippen molar-refractivity contribution >= 4 is 27.6 Å². The molecule has 0 amide bonds. The van der Waals surface area contributed by atoms with E-state index in [0.29, 0.717) is 12.2 Å². The van der Waals surface area contributed by atoms with Gasteiger partial charge in [-0.25, -0.2) is 4.79 Å². The normalized spacial score (nSPS) is 10.4. The SMILES string of the molecule is CCn1cnnc1CNc1ccc(Br)cc1C(=O)O. The lowest BCUT2D eigenvalue weighted by Crippen LogP contribution is -2.10. The molecule has 0 aliphatic heterocycles. The topological polar surface area (TPSA) is 80.0 Å². The molecule has 6 nitrogen and oxygen atoms in total. The smallest absolute Gasteiger partial charge is 0.337 e. The fourth-order valence-electron chi connectivity index (χ4n) is 1.70. The maximum atomic E-state index is 11.2. The van der Waals surface area contributed by atoms with Crippen LogP contribution in [0.1, 0.15) is 23.1 Å². The number of hydrogen-bond acceptors (Lipinski definition) is 4. The Kier molecular flexibility index (Phi) is 4.16. The summed E-state index contributed by atoms with van der Waals surface area (Å²) in [5.41, 5.74) is 0.776. The molecular formula is C12H13BrN4O2. The van der Waals surface area contributed by atoms with Gasteiger partial charge in [0.2, 0.25) is 0 Å². The van der Waals surface area contributed by atoms with Crippen LogP contribution >= 0.6 is 15.9 Å². The maximum Gasteiger partial charge on any atom is 0.337 e. The minimum absolute atomic E-state index is 0.219. The molecule has 0 saturated carbocycles. The lowest BCUT2D eigenvalue weighted by molar-refractivity contribution is 0.0698. The van der Waals surface area contributed by atoms with Gasteiger partial charge in [0.05, 0.1) is 12.1 Å². The third kappa shape index (κ3) is 3.11. The van der Waals surface area contributed by atoms with Crippen molar-refractivity contribution in [1.29, 1.82) is 0 Å². The van der Waals surface area contributed by atoms with E-state index >= 15 is 0 Å². The zero-order valence-electron chi connectivity index (χ0n) is 10.3. The average molecular weight is 325 g/mol. The van der Waals surface area contributed by atoms with Gasteiger partial charge in [-0.05, 0) is 25.1 Å². The molecule has 0 spiro atoms. The van der Waals surface area contributed by atoms with E-state index in [1.54, 1.807) is 24.5 Å². The molecule has 1 aromatic carbocycles. The van der Waals surface area contributed by atoms with Gasteiger partial charge in [0.1, 0.15) is 6.33 Å². The Morgan fingerprint density at radius 1 is 1.53 bits per heavy atom. The number of rotatable bonds is 5. The molecule has 1 aromatic heterocycles. The van der Waals surface area contributed by atoms with Gasteiger partial charge in [-0.2, -0.15) is 0 Å². The summed E-state index contributed by atoms with van der Waals surface area (Å²) in [6, 6.07) is 5.08. The van der Waals surface area contributed by atoms with Gasteiger partial charge in [-0.3, -0.25) is 0 Å². The molecule has 100 valence electrons. The first kappa shape index (κ1) is 13.5. The van der Waals surface area contributed by atoms with E-state index < -0.39 is 5.97 Å². The summed E-state index contributed by atoms with van der Waals surface area (Å²) in [5.74, 6) is -0.206. The Morgan fingerprint density at radius 2 is 2.32 bits per heavy atom. The fourth-order valence-corrected chi connectivity index (χ4v) is 2.06. The quantitative estimate of drug-likeness (QED) is 0.882. The Hall–Kier alpha value is -1.89. The van der Waals surface area contributed by atoms with Crippen LogP contribution in [0.5, 0.6) is 0 Å². The van der Waals surface area contributed by atoms with E-state index in [1.165, 1.54) is 0 Å². The van der Waals surface area contributed by atoms with E-state index in [1.807, 2.05) is 11.5 Å². The Labute approximate surface area is 118 Å². The monoisotopic (exact) mass is 324 g/mol. The molecule has 19 heavy (non-hydrogen) atoms. The van der Waals surface area contributed by atoms with Crippen molar-refractivity contribution < 1.29 is 9.90 Å². The minimum atomic E-state index is -0.972. The van der Waals surface area contributed by atoms with Crippen molar-refractivity contribution in [3.05, 3.63) is 40.4 Å². The zero-order valence-corrected chi connectivity index (χ0v) is 11.9. The third-order valence-corrected chi connectivity index (χ3v) is 3.18. The molecule has 0 unspecified atom stereocenters. The van der Waals surface area contributed by atoms with Crippen LogP contribution in [0.3, 0.4) is 0 Å². The van der Waals surface area contributed by atoms with Crippen LogP contribution in [-0.2, 0) is 13.1 Å². The number of nitrogens with one attached hydrogen (secondary N) is 1. The molecule has 0 bridgehead atoms. The highest BCUT2D eigenvalue weighted by molar-refractivity contribution is 9.10. The lowest BCUT2D eigenvalue weighted by Gasteiger charge is -2.10. The molecular weight excluding hydrogens is 312 g/mol. The second-order valence-corrected chi connectivity index (χ2v) is 4.80. The van der Waals surface area contributed by atoms with E-state index in [4.69, 9.17) is 5.11 Å². The molecule has 0 saturated heterocycles. The summed E-state index contributed by atoms with van der Waals surface area (Å²) in [7, 11) is 0. The number of nitrogens with zero attached hydrogens (tertiary/aromatic N) is 3. The largest absolute Gasteiger partial charge is 0.478 e. The summed E-state index contributed by atoms with van der Waals surface area (Å²) in [5, 5.41) is 20.0. The number of carbonyl (C=O) groups is 1. The molecule has 0 aliphatic rings. The predicted octanol–water partition coefficient (Wildman–Crippen LogP) is 2.37.